The Morgan fingerprint density at radius 1 is 1.21 bits per heavy atom. The molecule has 0 unspecified atom stereocenters. The summed E-state index contributed by atoms with van der Waals surface area (Å²) in [6.45, 7) is 7.80. The maximum Gasteiger partial charge on any atom is 0.0829 e. The number of nitrogens with zero attached hydrogens (tertiary/aromatic N) is 3. The summed E-state index contributed by atoms with van der Waals surface area (Å²) in [5.41, 5.74) is 3.65. The molecule has 0 saturated carbocycles. The molecule has 2 rings (SSSR count). The minimum absolute atomic E-state index is 0.827. The second-order valence-corrected chi connectivity index (χ2v) is 3.74. The van der Waals surface area contributed by atoms with Crippen molar-refractivity contribution in [2.24, 2.45) is 7.05 Å². The van der Waals surface area contributed by atoms with Gasteiger partial charge in [0.15, 0.2) is 0 Å². The molecule has 1 saturated heterocycles. The first-order chi connectivity index (χ1) is 6.70. The molecule has 0 atom stereocenters. The van der Waals surface area contributed by atoms with Crippen LogP contribution in [0.15, 0.2) is 0 Å². The van der Waals surface area contributed by atoms with Crippen LogP contribution in [0.5, 0.6) is 0 Å². The van der Waals surface area contributed by atoms with E-state index in [2.05, 4.69) is 23.8 Å². The van der Waals surface area contributed by atoms with E-state index in [-0.39, 0.29) is 0 Å². The van der Waals surface area contributed by atoms with E-state index in [4.69, 9.17) is 4.74 Å². The molecule has 1 aliphatic rings. The lowest BCUT2D eigenvalue weighted by Crippen LogP contribution is -2.36. The van der Waals surface area contributed by atoms with E-state index < -0.39 is 0 Å². The van der Waals surface area contributed by atoms with Gasteiger partial charge in [-0.3, -0.25) is 4.68 Å². The summed E-state index contributed by atoms with van der Waals surface area (Å²) in [6.07, 6.45) is 0. The fraction of sp³-hybridized carbons (Fsp3) is 0.700. The van der Waals surface area contributed by atoms with Gasteiger partial charge in [-0.25, -0.2) is 0 Å². The van der Waals surface area contributed by atoms with Crippen LogP contribution in [0.25, 0.3) is 0 Å². The van der Waals surface area contributed by atoms with Gasteiger partial charge < -0.3 is 9.64 Å². The van der Waals surface area contributed by atoms with E-state index in [0.29, 0.717) is 0 Å². The van der Waals surface area contributed by atoms with E-state index in [1.807, 2.05) is 11.7 Å². The minimum Gasteiger partial charge on any atom is -0.378 e. The Bertz CT molecular complexity index is 326. The average Bonchev–Trinajstić information content (AvgIpc) is 2.43. The van der Waals surface area contributed by atoms with Crippen molar-refractivity contribution in [3.8, 4) is 0 Å². The Balaban J connectivity index is 2.29. The molecule has 1 aromatic heterocycles. The summed E-state index contributed by atoms with van der Waals surface area (Å²) >= 11 is 0. The molecule has 4 nitrogen and oxygen atoms in total. The van der Waals surface area contributed by atoms with Crippen LogP contribution in [-0.4, -0.2) is 36.1 Å². The number of ether oxygens (including phenoxy) is 1. The third kappa shape index (κ3) is 1.50. The number of anilines is 1. The topological polar surface area (TPSA) is 30.3 Å². The third-order valence-corrected chi connectivity index (χ3v) is 2.80. The first-order valence-electron chi connectivity index (χ1n) is 5.03. The van der Waals surface area contributed by atoms with E-state index >= 15 is 0 Å². The predicted octanol–water partition coefficient (Wildman–Crippen LogP) is 0.874. The lowest BCUT2D eigenvalue weighted by molar-refractivity contribution is 0.122. The molecule has 0 bridgehead atoms. The molecule has 0 aliphatic carbocycles. The first-order valence-corrected chi connectivity index (χ1v) is 5.03. The van der Waals surface area contributed by atoms with Crippen LogP contribution in [0.3, 0.4) is 0 Å². The highest BCUT2D eigenvalue weighted by atomic mass is 16.5. The van der Waals surface area contributed by atoms with Gasteiger partial charge in [-0.1, -0.05) is 0 Å². The van der Waals surface area contributed by atoms with Crippen molar-refractivity contribution >= 4 is 5.69 Å². The molecule has 0 radical (unpaired) electrons. The van der Waals surface area contributed by atoms with Crippen molar-refractivity contribution in [2.75, 3.05) is 31.2 Å². The minimum atomic E-state index is 0.827. The zero-order chi connectivity index (χ0) is 10.1. The SMILES string of the molecule is Cc1nn(C)c(C)c1N1CCOCC1. The highest BCUT2D eigenvalue weighted by Crippen LogP contribution is 2.24. The molecule has 1 fully saturated rings. The van der Waals surface area contributed by atoms with Crippen LogP contribution in [0.1, 0.15) is 11.4 Å². The third-order valence-electron chi connectivity index (χ3n) is 2.80. The maximum atomic E-state index is 5.34. The molecule has 4 heteroatoms. The molecule has 0 amide bonds. The highest BCUT2D eigenvalue weighted by molar-refractivity contribution is 5.54. The smallest absolute Gasteiger partial charge is 0.0829 e. The zero-order valence-corrected chi connectivity index (χ0v) is 9.08. The van der Waals surface area contributed by atoms with Gasteiger partial charge in [0.2, 0.25) is 0 Å². The van der Waals surface area contributed by atoms with Crippen molar-refractivity contribution in [3.63, 3.8) is 0 Å². The standard InChI is InChI=1S/C10H17N3O/c1-8-10(9(2)12(3)11-8)13-4-6-14-7-5-13/h4-7H2,1-3H3. The van der Waals surface area contributed by atoms with E-state index in [0.717, 1.165) is 32.0 Å². The summed E-state index contributed by atoms with van der Waals surface area (Å²) < 4.78 is 7.28. The molecule has 1 aromatic rings. The molecule has 1 aliphatic heterocycles. The van der Waals surface area contributed by atoms with Crippen molar-refractivity contribution in [2.45, 2.75) is 13.8 Å². The Morgan fingerprint density at radius 2 is 1.86 bits per heavy atom. The van der Waals surface area contributed by atoms with Crippen LogP contribution in [-0.2, 0) is 11.8 Å². The van der Waals surface area contributed by atoms with Crippen LogP contribution in [0.2, 0.25) is 0 Å². The van der Waals surface area contributed by atoms with Crippen LogP contribution >= 0.6 is 0 Å². The van der Waals surface area contributed by atoms with Crippen molar-refractivity contribution in [1.29, 1.82) is 0 Å². The quantitative estimate of drug-likeness (QED) is 0.666. The number of hydrogen-bond acceptors (Lipinski definition) is 3. The van der Waals surface area contributed by atoms with Gasteiger partial charge in [-0.2, -0.15) is 5.10 Å². The van der Waals surface area contributed by atoms with Gasteiger partial charge in [-0.15, -0.1) is 0 Å². The van der Waals surface area contributed by atoms with Gasteiger partial charge in [-0.05, 0) is 13.8 Å². The number of morpholine rings is 1. The summed E-state index contributed by atoms with van der Waals surface area (Å²) in [5.74, 6) is 0. The van der Waals surface area contributed by atoms with Crippen LogP contribution < -0.4 is 4.90 Å². The highest BCUT2D eigenvalue weighted by Gasteiger charge is 2.18. The summed E-state index contributed by atoms with van der Waals surface area (Å²) in [7, 11) is 1.99. The van der Waals surface area contributed by atoms with E-state index in [1.54, 1.807) is 0 Å². The van der Waals surface area contributed by atoms with Gasteiger partial charge in [0, 0.05) is 20.1 Å². The predicted molar refractivity (Wildman–Crippen MR) is 55.7 cm³/mol. The Labute approximate surface area is 84.5 Å². The molecule has 14 heavy (non-hydrogen) atoms. The lowest BCUT2D eigenvalue weighted by atomic mass is 10.2. The first kappa shape index (κ1) is 9.52. The zero-order valence-electron chi connectivity index (χ0n) is 9.08. The molecule has 0 aromatic carbocycles. The summed E-state index contributed by atoms with van der Waals surface area (Å²) in [6, 6.07) is 0. The van der Waals surface area contributed by atoms with Crippen molar-refractivity contribution in [3.05, 3.63) is 11.4 Å². The Kier molecular flexibility index (Phi) is 2.46. The summed E-state index contributed by atoms with van der Waals surface area (Å²) in [5, 5.41) is 4.42. The number of aryl methyl sites for hydroxylation is 2. The molecule has 0 N–H and O–H groups in total. The lowest BCUT2D eigenvalue weighted by Gasteiger charge is -2.29. The molecule has 0 spiro atoms. The molecule has 2 heterocycles. The van der Waals surface area contributed by atoms with Crippen molar-refractivity contribution in [1.82, 2.24) is 9.78 Å². The monoisotopic (exact) mass is 195 g/mol. The normalized spacial score (nSPS) is 17.5. The second kappa shape index (κ2) is 3.61. The fourth-order valence-electron chi connectivity index (χ4n) is 2.01. The van der Waals surface area contributed by atoms with Crippen LogP contribution in [0.4, 0.5) is 5.69 Å². The Morgan fingerprint density at radius 3 is 2.36 bits per heavy atom. The van der Waals surface area contributed by atoms with Gasteiger partial charge in [0.25, 0.3) is 0 Å². The van der Waals surface area contributed by atoms with E-state index in [9.17, 15) is 0 Å². The van der Waals surface area contributed by atoms with Gasteiger partial charge in [0.05, 0.1) is 30.3 Å². The van der Waals surface area contributed by atoms with Crippen molar-refractivity contribution < 1.29 is 4.74 Å². The fourth-order valence-corrected chi connectivity index (χ4v) is 2.01. The average molecular weight is 195 g/mol. The molecular weight excluding hydrogens is 178 g/mol. The maximum absolute atomic E-state index is 5.34. The molecular formula is C10H17N3O. The second-order valence-electron chi connectivity index (χ2n) is 3.74. The largest absolute Gasteiger partial charge is 0.378 e. The number of aromatic nitrogens is 2. The number of rotatable bonds is 1. The summed E-state index contributed by atoms with van der Waals surface area (Å²) in [4.78, 5) is 2.36. The number of hydrogen-bond donors (Lipinski definition) is 0. The van der Waals surface area contributed by atoms with Crippen LogP contribution in [0, 0.1) is 13.8 Å². The van der Waals surface area contributed by atoms with Gasteiger partial charge >= 0.3 is 0 Å². The Hall–Kier alpha value is -1.03. The molecule has 78 valence electrons. The van der Waals surface area contributed by atoms with E-state index in [1.165, 1.54) is 11.4 Å². The van der Waals surface area contributed by atoms with Gasteiger partial charge in [0.1, 0.15) is 0 Å².